The number of amides is 1. The molecule has 0 heterocycles. The number of thiol groups is 1. The van der Waals surface area contributed by atoms with Crippen molar-refractivity contribution in [1.29, 1.82) is 0 Å². The topological polar surface area (TPSA) is 20.3 Å². The number of carbonyl (C=O) groups excluding carboxylic acids is 1. The van der Waals surface area contributed by atoms with Gasteiger partial charge in [0.15, 0.2) is 0 Å². The third-order valence-corrected chi connectivity index (χ3v) is 4.01. The number of benzene rings is 1. The molecule has 1 aromatic carbocycles. The van der Waals surface area contributed by atoms with Crippen LogP contribution in [0.3, 0.4) is 0 Å². The summed E-state index contributed by atoms with van der Waals surface area (Å²) in [5.74, 6) is 1.01. The summed E-state index contributed by atoms with van der Waals surface area (Å²) in [4.78, 5) is 13.8. The monoisotopic (exact) mass is 235 g/mol. The van der Waals surface area contributed by atoms with Crippen molar-refractivity contribution in [2.45, 2.75) is 19.3 Å². The lowest BCUT2D eigenvalue weighted by atomic mass is 10.0. The van der Waals surface area contributed by atoms with Crippen LogP contribution >= 0.6 is 12.6 Å². The molecule has 0 aromatic heterocycles. The van der Waals surface area contributed by atoms with Gasteiger partial charge in [-0.15, -0.1) is 0 Å². The summed E-state index contributed by atoms with van der Waals surface area (Å²) in [5.41, 5.74) is 1.16. The van der Waals surface area contributed by atoms with Gasteiger partial charge in [-0.05, 0) is 36.1 Å². The Hall–Kier alpha value is -0.960. The number of hydrogen-bond acceptors (Lipinski definition) is 2. The number of carbonyl (C=O) groups is 1. The zero-order chi connectivity index (χ0) is 11.6. The molecule has 0 unspecified atom stereocenters. The predicted octanol–water partition coefficient (Wildman–Crippen LogP) is 2.75. The van der Waals surface area contributed by atoms with Crippen LogP contribution in [0.1, 0.15) is 19.3 Å². The van der Waals surface area contributed by atoms with Gasteiger partial charge in [0.25, 0.3) is 0 Å². The molecule has 16 heavy (non-hydrogen) atoms. The van der Waals surface area contributed by atoms with Gasteiger partial charge in [0.1, 0.15) is 0 Å². The second kappa shape index (κ2) is 4.50. The molecule has 1 aliphatic rings. The lowest BCUT2D eigenvalue weighted by molar-refractivity contribution is -0.119. The van der Waals surface area contributed by atoms with Crippen molar-refractivity contribution in [3.8, 4) is 0 Å². The van der Waals surface area contributed by atoms with Crippen LogP contribution in [0.25, 0.3) is 0 Å². The molecule has 0 saturated heterocycles. The van der Waals surface area contributed by atoms with Gasteiger partial charge < -0.3 is 4.90 Å². The molecule has 0 aliphatic heterocycles. The van der Waals surface area contributed by atoms with Crippen molar-refractivity contribution in [1.82, 2.24) is 0 Å². The van der Waals surface area contributed by atoms with Crippen molar-refractivity contribution in [3.63, 3.8) is 0 Å². The highest BCUT2D eigenvalue weighted by molar-refractivity contribution is 7.80. The summed E-state index contributed by atoms with van der Waals surface area (Å²) < 4.78 is 0. The number of anilines is 1. The summed E-state index contributed by atoms with van der Waals surface area (Å²) >= 11 is 4.32. The molecule has 2 rings (SSSR count). The van der Waals surface area contributed by atoms with Gasteiger partial charge >= 0.3 is 0 Å². The van der Waals surface area contributed by atoms with Gasteiger partial charge in [-0.3, -0.25) is 4.79 Å². The Morgan fingerprint density at radius 2 is 2.00 bits per heavy atom. The summed E-state index contributed by atoms with van der Waals surface area (Å²) in [6.07, 6.45) is 2.91. The van der Waals surface area contributed by atoms with Gasteiger partial charge in [-0.1, -0.05) is 18.2 Å². The first-order valence-corrected chi connectivity index (χ1v) is 6.23. The zero-order valence-electron chi connectivity index (χ0n) is 9.52. The summed E-state index contributed by atoms with van der Waals surface area (Å²) in [6.45, 7) is 0. The maximum Gasteiger partial charge on any atom is 0.227 e. The van der Waals surface area contributed by atoms with Gasteiger partial charge in [-0.25, -0.2) is 0 Å². The third-order valence-electron chi connectivity index (χ3n) is 3.34. The molecule has 2 nitrogen and oxygen atoms in total. The van der Waals surface area contributed by atoms with Crippen LogP contribution in [0.5, 0.6) is 0 Å². The number of rotatable bonds is 4. The molecule has 1 saturated carbocycles. The van der Waals surface area contributed by atoms with E-state index in [1.54, 1.807) is 4.90 Å². The minimum Gasteiger partial charge on any atom is -0.315 e. The Kier molecular flexibility index (Phi) is 3.24. The van der Waals surface area contributed by atoms with Crippen molar-refractivity contribution in [2.24, 2.45) is 5.41 Å². The Balaban J connectivity index is 2.00. The largest absolute Gasteiger partial charge is 0.315 e. The minimum atomic E-state index is 0.192. The van der Waals surface area contributed by atoms with E-state index in [-0.39, 0.29) is 11.3 Å². The molecule has 0 radical (unpaired) electrons. The first-order chi connectivity index (χ1) is 7.67. The third kappa shape index (κ3) is 2.40. The van der Waals surface area contributed by atoms with Gasteiger partial charge in [0, 0.05) is 19.2 Å². The van der Waals surface area contributed by atoms with Crippen LogP contribution < -0.4 is 4.90 Å². The quantitative estimate of drug-likeness (QED) is 0.796. The fourth-order valence-electron chi connectivity index (χ4n) is 1.80. The average Bonchev–Trinajstić information content (AvgIpc) is 3.09. The molecule has 3 heteroatoms. The second-order valence-electron chi connectivity index (χ2n) is 4.62. The SMILES string of the molecule is CN(C(=O)CC1(CS)CC1)c1ccccc1. The fourth-order valence-corrected chi connectivity index (χ4v) is 2.23. The van der Waals surface area contributed by atoms with E-state index in [1.807, 2.05) is 37.4 Å². The van der Waals surface area contributed by atoms with Crippen LogP contribution in [-0.2, 0) is 4.79 Å². The zero-order valence-corrected chi connectivity index (χ0v) is 10.4. The first kappa shape index (κ1) is 11.5. The Morgan fingerprint density at radius 3 is 2.50 bits per heavy atom. The van der Waals surface area contributed by atoms with E-state index in [1.165, 1.54) is 0 Å². The lowest BCUT2D eigenvalue weighted by Gasteiger charge is -2.20. The Bertz CT molecular complexity index is 373. The molecule has 0 spiro atoms. The number of hydrogen-bond donors (Lipinski definition) is 1. The van der Waals surface area contributed by atoms with Crippen molar-refractivity contribution in [3.05, 3.63) is 30.3 Å². The second-order valence-corrected chi connectivity index (χ2v) is 4.94. The molecule has 1 fully saturated rings. The highest BCUT2D eigenvalue weighted by Gasteiger charge is 2.43. The first-order valence-electron chi connectivity index (χ1n) is 5.59. The molecule has 0 bridgehead atoms. The van der Waals surface area contributed by atoms with E-state index in [2.05, 4.69) is 12.6 Å². The molecule has 86 valence electrons. The standard InChI is InChI=1S/C13H17NOS/c1-14(11-5-3-2-4-6-11)12(15)9-13(10-16)7-8-13/h2-6,16H,7-10H2,1H3. The fraction of sp³-hybridized carbons (Fsp3) is 0.462. The Morgan fingerprint density at radius 1 is 1.38 bits per heavy atom. The van der Waals surface area contributed by atoms with E-state index >= 15 is 0 Å². The number of para-hydroxylation sites is 1. The maximum absolute atomic E-state index is 12.0. The van der Waals surface area contributed by atoms with Crippen molar-refractivity contribution >= 4 is 24.2 Å². The van der Waals surface area contributed by atoms with Crippen LogP contribution in [0.4, 0.5) is 5.69 Å². The number of nitrogens with zero attached hydrogens (tertiary/aromatic N) is 1. The van der Waals surface area contributed by atoms with Crippen molar-refractivity contribution in [2.75, 3.05) is 17.7 Å². The molecule has 0 atom stereocenters. The lowest BCUT2D eigenvalue weighted by Crippen LogP contribution is -2.29. The van der Waals surface area contributed by atoms with Gasteiger partial charge in [0.2, 0.25) is 5.91 Å². The molecular formula is C13H17NOS. The van der Waals surface area contributed by atoms with Crippen LogP contribution in [0, 0.1) is 5.41 Å². The van der Waals surface area contributed by atoms with Crippen molar-refractivity contribution < 1.29 is 4.79 Å². The average molecular weight is 235 g/mol. The maximum atomic E-state index is 12.0. The molecule has 0 N–H and O–H groups in total. The summed E-state index contributed by atoms with van der Waals surface area (Å²) in [6, 6.07) is 9.77. The molecule has 1 amide bonds. The molecule has 1 aliphatic carbocycles. The Labute approximate surface area is 102 Å². The van der Waals surface area contributed by atoms with E-state index in [0.717, 1.165) is 24.3 Å². The highest BCUT2D eigenvalue weighted by Crippen LogP contribution is 2.49. The molecule has 1 aromatic rings. The smallest absolute Gasteiger partial charge is 0.227 e. The van der Waals surface area contributed by atoms with Gasteiger partial charge in [-0.2, -0.15) is 12.6 Å². The summed E-state index contributed by atoms with van der Waals surface area (Å²) in [5, 5.41) is 0. The van der Waals surface area contributed by atoms with E-state index < -0.39 is 0 Å². The van der Waals surface area contributed by atoms with Crippen LogP contribution in [0.2, 0.25) is 0 Å². The highest BCUT2D eigenvalue weighted by atomic mass is 32.1. The minimum absolute atomic E-state index is 0.192. The molecular weight excluding hydrogens is 218 g/mol. The van der Waals surface area contributed by atoms with E-state index in [0.29, 0.717) is 6.42 Å². The van der Waals surface area contributed by atoms with E-state index in [4.69, 9.17) is 0 Å². The normalized spacial score (nSPS) is 16.9. The predicted molar refractivity (Wildman–Crippen MR) is 70.0 cm³/mol. The van der Waals surface area contributed by atoms with Gasteiger partial charge in [0.05, 0.1) is 0 Å². The summed E-state index contributed by atoms with van der Waals surface area (Å²) in [7, 11) is 1.84. The van der Waals surface area contributed by atoms with E-state index in [9.17, 15) is 4.79 Å². The van der Waals surface area contributed by atoms with Crippen LogP contribution in [0.15, 0.2) is 30.3 Å². The van der Waals surface area contributed by atoms with Crippen LogP contribution in [-0.4, -0.2) is 18.7 Å².